The maximum Gasteiger partial charge on any atom is 0.123 e. The van der Waals surface area contributed by atoms with Gasteiger partial charge in [-0.3, -0.25) is 0 Å². The third-order valence-corrected chi connectivity index (χ3v) is 16.0. The molecule has 3 aromatic heterocycles. The van der Waals surface area contributed by atoms with Crippen LogP contribution in [0.15, 0.2) is 95.5 Å². The van der Waals surface area contributed by atoms with Crippen molar-refractivity contribution in [1.29, 1.82) is 0 Å². The molecule has 420 valence electrons. The number of H-pyrrole nitrogens is 2. The zero-order chi connectivity index (χ0) is 54.9. The van der Waals surface area contributed by atoms with Crippen molar-refractivity contribution < 1.29 is 18.9 Å². The quantitative estimate of drug-likeness (QED) is 0.0385. The normalized spacial score (nSPS) is 11.9. The van der Waals surface area contributed by atoms with Crippen LogP contribution in [0.4, 0.5) is 0 Å². The molecule has 2 aliphatic rings. The van der Waals surface area contributed by atoms with Crippen molar-refractivity contribution in [2.45, 2.75) is 182 Å². The van der Waals surface area contributed by atoms with E-state index in [1.54, 1.807) is 0 Å². The summed E-state index contributed by atoms with van der Waals surface area (Å²) in [5.41, 5.74) is 13.0. The summed E-state index contributed by atoms with van der Waals surface area (Å²) in [6, 6.07) is 32.1. The summed E-state index contributed by atoms with van der Waals surface area (Å²) in [6.07, 6.45) is 37.4. The minimum Gasteiger partial charge on any atom is -0.493 e. The number of rotatable bonds is 35. The van der Waals surface area contributed by atoms with Crippen molar-refractivity contribution in [3.63, 3.8) is 0 Å². The second kappa shape index (κ2) is 32.3. The van der Waals surface area contributed by atoms with Crippen molar-refractivity contribution in [2.75, 3.05) is 26.4 Å². The van der Waals surface area contributed by atoms with Gasteiger partial charge in [-0.1, -0.05) is 186 Å². The van der Waals surface area contributed by atoms with Gasteiger partial charge in [-0.25, -0.2) is 9.97 Å². The zero-order valence-electron chi connectivity index (χ0n) is 48.2. The van der Waals surface area contributed by atoms with Crippen molar-refractivity contribution in [3.05, 3.63) is 118 Å². The number of nitrogens with one attached hydrogen (secondary N) is 2. The smallest absolute Gasteiger partial charge is 0.123 e. The molecule has 0 spiro atoms. The van der Waals surface area contributed by atoms with E-state index in [1.165, 1.54) is 103 Å². The summed E-state index contributed by atoms with van der Waals surface area (Å²) >= 11 is 4.05. The predicted octanol–water partition coefficient (Wildman–Crippen LogP) is 21.4. The van der Waals surface area contributed by atoms with E-state index in [-0.39, 0.29) is 0 Å². The van der Waals surface area contributed by atoms with Gasteiger partial charge in [-0.15, -0.1) is 0 Å². The van der Waals surface area contributed by atoms with E-state index in [0.717, 1.165) is 157 Å². The fourth-order valence-corrected chi connectivity index (χ4v) is 11.2. The Hall–Kier alpha value is -6.06. The molecule has 9 heteroatoms. The molecule has 8 bridgehead atoms. The number of hydrogen-bond acceptors (Lipinski definition) is 6. The molecule has 0 atom stereocenters. The Balaban J connectivity index is 1.26. The number of benzene rings is 3. The molecule has 8 rings (SSSR count). The second-order valence-electron chi connectivity index (χ2n) is 21.7. The van der Waals surface area contributed by atoms with Gasteiger partial charge in [0.2, 0.25) is 0 Å². The monoisotopic (exact) mass is 1130 g/mol. The fraction of sp³-hybridized carbons (Fsp3) is 0.457. The molecule has 0 amide bonds. The molecule has 5 heterocycles. The predicted molar refractivity (Wildman–Crippen MR) is 338 cm³/mol. The Morgan fingerprint density at radius 2 is 0.633 bits per heavy atom. The maximum atomic E-state index is 6.61. The van der Waals surface area contributed by atoms with Crippen LogP contribution >= 0.6 is 15.9 Å². The van der Waals surface area contributed by atoms with Crippen molar-refractivity contribution in [3.8, 4) is 56.4 Å². The molecule has 8 nitrogen and oxygen atoms in total. The average Bonchev–Trinajstić information content (AvgIpc) is 4.34. The van der Waals surface area contributed by atoms with Crippen molar-refractivity contribution in [1.82, 2.24) is 19.9 Å². The first kappa shape index (κ1) is 59.1. The summed E-state index contributed by atoms with van der Waals surface area (Å²) in [5.74, 6) is 3.21. The highest BCUT2D eigenvalue weighted by molar-refractivity contribution is 9.10. The van der Waals surface area contributed by atoms with Crippen LogP contribution in [-0.4, -0.2) is 46.4 Å². The van der Waals surface area contributed by atoms with Gasteiger partial charge in [0.15, 0.2) is 0 Å². The highest BCUT2D eigenvalue weighted by atomic mass is 79.9. The van der Waals surface area contributed by atoms with Gasteiger partial charge in [-0.05, 0) is 131 Å². The molecular formula is C70H89BrN4O4. The van der Waals surface area contributed by atoms with Crippen LogP contribution in [0.2, 0.25) is 0 Å². The van der Waals surface area contributed by atoms with Crippen LogP contribution in [0.3, 0.4) is 0 Å². The number of aromatic amines is 2. The van der Waals surface area contributed by atoms with Gasteiger partial charge in [0, 0.05) is 45.4 Å². The first-order valence-corrected chi connectivity index (χ1v) is 31.4. The molecule has 0 radical (unpaired) electrons. The first-order valence-electron chi connectivity index (χ1n) is 30.7. The van der Waals surface area contributed by atoms with Crippen molar-refractivity contribution >= 4 is 62.3 Å². The summed E-state index contributed by atoms with van der Waals surface area (Å²) in [6.45, 7) is 11.7. The molecule has 0 unspecified atom stereocenters. The zero-order valence-corrected chi connectivity index (χ0v) is 49.8. The minimum atomic E-state index is 0.656. The van der Waals surface area contributed by atoms with Gasteiger partial charge in [0.25, 0.3) is 0 Å². The largest absolute Gasteiger partial charge is 0.493 e. The number of ether oxygens (including phenoxy) is 4. The minimum absolute atomic E-state index is 0.656. The Morgan fingerprint density at radius 1 is 0.329 bits per heavy atom. The number of halogens is 1. The molecule has 0 saturated heterocycles. The molecule has 0 aliphatic carbocycles. The third-order valence-electron chi connectivity index (χ3n) is 15.2. The Labute approximate surface area is 481 Å². The number of aromatic nitrogens is 4. The van der Waals surface area contributed by atoms with Crippen LogP contribution in [0, 0.1) is 0 Å². The highest BCUT2D eigenvalue weighted by Crippen LogP contribution is 2.41. The maximum absolute atomic E-state index is 6.61. The molecule has 0 saturated carbocycles. The van der Waals surface area contributed by atoms with Crippen LogP contribution in [0.1, 0.15) is 205 Å². The molecule has 2 aliphatic heterocycles. The lowest BCUT2D eigenvalue weighted by molar-refractivity contribution is 0.289. The number of nitrogens with zero attached hydrogens (tertiary/aromatic N) is 2. The highest BCUT2D eigenvalue weighted by Gasteiger charge is 2.20. The number of fused-ring (bicyclic) bond motifs is 8. The third kappa shape index (κ3) is 17.5. The topological polar surface area (TPSA) is 94.3 Å². The molecule has 3 aromatic carbocycles. The molecule has 6 aromatic rings. The number of unbranched alkanes of at least 4 members (excludes halogenated alkanes) is 20. The summed E-state index contributed by atoms with van der Waals surface area (Å²) in [4.78, 5) is 18.8. The lowest BCUT2D eigenvalue weighted by Crippen LogP contribution is -2.01. The van der Waals surface area contributed by atoms with E-state index in [2.05, 4.69) is 169 Å². The van der Waals surface area contributed by atoms with Crippen LogP contribution in [-0.2, 0) is 0 Å². The lowest BCUT2D eigenvalue weighted by atomic mass is 10.0. The van der Waals surface area contributed by atoms with Crippen LogP contribution < -0.4 is 18.9 Å². The SMILES string of the molecule is CCCCCCCCOc1cc(OCCCCCCCC)cc(-c2c3nc(c(-c4ccccc4)c4ccc([nH]4)c(-c4cc(OCCCCCCCC)cc(OCCCCCCCC)c4)c4nc(c(Br)c5ccc2[nH]5)C=C4)C=C3)c1. The Bertz CT molecular complexity index is 2910. The van der Waals surface area contributed by atoms with Gasteiger partial charge in [0.05, 0.1) is 59.2 Å². The molecule has 0 fully saturated rings. The second-order valence-corrected chi connectivity index (χ2v) is 22.5. The Kier molecular flexibility index (Phi) is 24.1. The molecule has 79 heavy (non-hydrogen) atoms. The summed E-state index contributed by atoms with van der Waals surface area (Å²) in [7, 11) is 0. The lowest BCUT2D eigenvalue weighted by Gasteiger charge is -2.14. The summed E-state index contributed by atoms with van der Waals surface area (Å²) in [5, 5.41) is 0. The molecule has 2 N–H and O–H groups in total. The molecular weight excluding hydrogens is 1040 g/mol. The van der Waals surface area contributed by atoms with E-state index in [4.69, 9.17) is 28.9 Å². The first-order chi connectivity index (χ1) is 39.0. The van der Waals surface area contributed by atoms with E-state index in [9.17, 15) is 0 Å². The van der Waals surface area contributed by atoms with Gasteiger partial charge in [0.1, 0.15) is 23.0 Å². The van der Waals surface area contributed by atoms with Crippen LogP contribution in [0.5, 0.6) is 23.0 Å². The average molecular weight is 1130 g/mol. The standard InChI is InChI=1S/C70H89BrN4O4/c1-5-9-13-17-21-28-42-76-55-46-53(47-56(50-55)77-43-29-22-18-14-10-6-2)68-61-36-34-59(72-61)67(52-32-26-25-27-33-52)60-35-37-62(73-60)69(64-39-41-66(75-64)70(71)65-40-38-63(68)74-65)54-48-57(78-44-30-23-19-15-11-7-3)51-58(49-54)79-45-31-24-20-16-12-8-4/h25-27,32-41,46-51,72,75H,5-24,28-31,42-45H2,1-4H3. The number of hydrogen-bond donors (Lipinski definition) is 2. The van der Waals surface area contributed by atoms with E-state index >= 15 is 0 Å². The van der Waals surface area contributed by atoms with Gasteiger partial charge in [-0.2, -0.15) is 0 Å². The summed E-state index contributed by atoms with van der Waals surface area (Å²) < 4.78 is 27.3. The van der Waals surface area contributed by atoms with Gasteiger partial charge >= 0.3 is 0 Å². The van der Waals surface area contributed by atoms with E-state index in [1.807, 2.05) is 0 Å². The van der Waals surface area contributed by atoms with E-state index in [0.29, 0.717) is 26.4 Å². The Morgan fingerprint density at radius 3 is 1.01 bits per heavy atom. The van der Waals surface area contributed by atoms with E-state index < -0.39 is 0 Å². The fourth-order valence-electron chi connectivity index (χ4n) is 10.7. The van der Waals surface area contributed by atoms with Crippen molar-refractivity contribution in [2.24, 2.45) is 0 Å². The van der Waals surface area contributed by atoms with Crippen LogP contribution in [0.25, 0.3) is 79.8 Å². The van der Waals surface area contributed by atoms with Gasteiger partial charge < -0.3 is 28.9 Å².